The van der Waals surface area contributed by atoms with E-state index in [4.69, 9.17) is 9.47 Å². The van der Waals surface area contributed by atoms with E-state index >= 15 is 0 Å². The number of aromatic nitrogens is 1. The molecule has 0 bridgehead atoms. The predicted octanol–water partition coefficient (Wildman–Crippen LogP) is 3.93. The average molecular weight is 318 g/mol. The summed E-state index contributed by atoms with van der Waals surface area (Å²) in [5, 5.41) is 6.58. The van der Waals surface area contributed by atoms with Crippen LogP contribution in [0, 0.1) is 13.8 Å². The largest absolute Gasteiger partial charge is 0.489 e. The third kappa shape index (κ3) is 3.99. The van der Waals surface area contributed by atoms with Crippen molar-refractivity contribution in [3.05, 3.63) is 39.8 Å². The van der Waals surface area contributed by atoms with Gasteiger partial charge in [0.05, 0.1) is 18.3 Å². The molecule has 0 unspecified atom stereocenters. The highest BCUT2D eigenvalue weighted by atomic mass is 32.1. The zero-order chi connectivity index (χ0) is 15.4. The molecule has 1 aromatic heterocycles. The monoisotopic (exact) mass is 318 g/mol. The minimum atomic E-state index is 0.231. The Morgan fingerprint density at radius 3 is 3.05 bits per heavy atom. The van der Waals surface area contributed by atoms with Crippen molar-refractivity contribution in [3.8, 4) is 5.75 Å². The van der Waals surface area contributed by atoms with Gasteiger partial charge in [-0.05, 0) is 44.4 Å². The molecule has 1 atom stereocenters. The lowest BCUT2D eigenvalue weighted by molar-refractivity contribution is 0.0682. The second-order valence-corrected chi connectivity index (χ2v) is 6.62. The lowest BCUT2D eigenvalue weighted by atomic mass is 10.2. The molecular formula is C17H22N2O2S. The van der Waals surface area contributed by atoms with Crippen LogP contribution in [0.15, 0.2) is 23.6 Å². The van der Waals surface area contributed by atoms with E-state index in [2.05, 4.69) is 40.8 Å². The molecule has 1 saturated heterocycles. The van der Waals surface area contributed by atoms with Gasteiger partial charge in [0.15, 0.2) is 0 Å². The molecule has 0 spiro atoms. The van der Waals surface area contributed by atoms with Gasteiger partial charge in [-0.15, -0.1) is 11.3 Å². The van der Waals surface area contributed by atoms with Crippen molar-refractivity contribution >= 4 is 17.0 Å². The number of benzene rings is 1. The van der Waals surface area contributed by atoms with E-state index in [1.807, 2.05) is 6.92 Å². The van der Waals surface area contributed by atoms with Crippen LogP contribution in [0.4, 0.5) is 5.69 Å². The topological polar surface area (TPSA) is 43.4 Å². The number of nitrogens with one attached hydrogen (secondary N) is 1. The third-order valence-electron chi connectivity index (χ3n) is 3.68. The van der Waals surface area contributed by atoms with Crippen LogP contribution < -0.4 is 10.1 Å². The molecule has 1 aromatic carbocycles. The van der Waals surface area contributed by atoms with Gasteiger partial charge >= 0.3 is 0 Å². The van der Waals surface area contributed by atoms with E-state index in [9.17, 15) is 0 Å². The van der Waals surface area contributed by atoms with Crippen molar-refractivity contribution in [2.24, 2.45) is 0 Å². The minimum Gasteiger partial charge on any atom is -0.489 e. The van der Waals surface area contributed by atoms with Crippen LogP contribution in [0.1, 0.15) is 29.1 Å². The maximum absolute atomic E-state index is 5.99. The predicted molar refractivity (Wildman–Crippen MR) is 89.8 cm³/mol. The molecule has 1 aliphatic rings. The Kier molecular flexibility index (Phi) is 4.95. The molecule has 4 nitrogen and oxygen atoms in total. The summed E-state index contributed by atoms with van der Waals surface area (Å²) >= 11 is 1.68. The Morgan fingerprint density at radius 1 is 1.41 bits per heavy atom. The number of nitrogens with zero attached hydrogens (tertiary/aromatic N) is 1. The number of thiazole rings is 1. The molecule has 118 valence electrons. The quantitative estimate of drug-likeness (QED) is 0.876. The second kappa shape index (κ2) is 7.11. The molecule has 0 aliphatic carbocycles. The highest BCUT2D eigenvalue weighted by Gasteiger charge is 2.17. The summed E-state index contributed by atoms with van der Waals surface area (Å²) in [4.78, 5) is 4.48. The standard InChI is InChI=1S/C17H22N2O2S/c1-12-5-6-15(18-9-17-19-13(2)11-22-17)16(8-12)21-10-14-4-3-7-20-14/h5-6,8,11,14,18H,3-4,7,9-10H2,1-2H3/t14-/m0/s1. The summed E-state index contributed by atoms with van der Waals surface area (Å²) in [6.45, 7) is 6.29. The molecule has 0 saturated carbocycles. The molecule has 1 aliphatic heterocycles. The van der Waals surface area contributed by atoms with E-state index in [1.54, 1.807) is 11.3 Å². The average Bonchev–Trinajstić information content (AvgIpc) is 3.15. The molecule has 5 heteroatoms. The zero-order valence-electron chi connectivity index (χ0n) is 13.1. The number of hydrogen-bond donors (Lipinski definition) is 1. The van der Waals surface area contributed by atoms with Crippen molar-refractivity contribution < 1.29 is 9.47 Å². The Balaban J connectivity index is 1.64. The van der Waals surface area contributed by atoms with Crippen molar-refractivity contribution in [1.82, 2.24) is 4.98 Å². The molecule has 0 radical (unpaired) electrons. The Labute approximate surface area is 135 Å². The summed E-state index contributed by atoms with van der Waals surface area (Å²) in [5.41, 5.74) is 3.27. The van der Waals surface area contributed by atoms with Crippen LogP contribution in [0.25, 0.3) is 0 Å². The van der Waals surface area contributed by atoms with Crippen LogP contribution in [0.5, 0.6) is 5.75 Å². The van der Waals surface area contributed by atoms with Crippen molar-refractivity contribution in [2.45, 2.75) is 39.3 Å². The maximum Gasteiger partial charge on any atom is 0.142 e. The van der Waals surface area contributed by atoms with Gasteiger partial charge in [-0.3, -0.25) is 0 Å². The number of aryl methyl sites for hydroxylation is 2. The SMILES string of the molecule is Cc1ccc(NCc2nc(C)cs2)c(OC[C@@H]2CCCO2)c1. The first kappa shape index (κ1) is 15.3. The van der Waals surface area contributed by atoms with Crippen LogP contribution in [-0.2, 0) is 11.3 Å². The summed E-state index contributed by atoms with van der Waals surface area (Å²) in [5.74, 6) is 0.892. The maximum atomic E-state index is 5.99. The van der Waals surface area contributed by atoms with Crippen LogP contribution in [-0.4, -0.2) is 24.3 Å². The molecule has 1 fully saturated rings. The number of ether oxygens (including phenoxy) is 2. The van der Waals surface area contributed by atoms with E-state index in [0.717, 1.165) is 48.1 Å². The highest BCUT2D eigenvalue weighted by Crippen LogP contribution is 2.27. The molecule has 2 aromatic rings. The summed E-state index contributed by atoms with van der Waals surface area (Å²) in [6, 6.07) is 6.24. The van der Waals surface area contributed by atoms with Gasteiger partial charge in [0.25, 0.3) is 0 Å². The number of hydrogen-bond acceptors (Lipinski definition) is 5. The Morgan fingerprint density at radius 2 is 2.32 bits per heavy atom. The fourth-order valence-corrected chi connectivity index (χ4v) is 3.22. The summed E-state index contributed by atoms with van der Waals surface area (Å²) in [7, 11) is 0. The lowest BCUT2D eigenvalue weighted by Gasteiger charge is -2.16. The second-order valence-electron chi connectivity index (χ2n) is 5.68. The first-order valence-corrected chi connectivity index (χ1v) is 8.58. The number of anilines is 1. The van der Waals surface area contributed by atoms with E-state index in [0.29, 0.717) is 6.61 Å². The van der Waals surface area contributed by atoms with E-state index in [1.165, 1.54) is 5.56 Å². The zero-order valence-corrected chi connectivity index (χ0v) is 13.9. The molecule has 22 heavy (non-hydrogen) atoms. The molecule has 2 heterocycles. The van der Waals surface area contributed by atoms with Crippen LogP contribution in [0.3, 0.4) is 0 Å². The molecule has 0 amide bonds. The van der Waals surface area contributed by atoms with Crippen molar-refractivity contribution in [1.29, 1.82) is 0 Å². The third-order valence-corrected chi connectivity index (χ3v) is 4.65. The first-order chi connectivity index (χ1) is 10.7. The fourth-order valence-electron chi connectivity index (χ4n) is 2.51. The lowest BCUT2D eigenvalue weighted by Crippen LogP contribution is -2.17. The van der Waals surface area contributed by atoms with Crippen molar-refractivity contribution in [3.63, 3.8) is 0 Å². The normalized spacial score (nSPS) is 17.6. The molecule has 3 rings (SSSR count). The van der Waals surface area contributed by atoms with Crippen molar-refractivity contribution in [2.75, 3.05) is 18.5 Å². The Bertz CT molecular complexity index is 621. The van der Waals surface area contributed by atoms with Gasteiger partial charge in [-0.2, -0.15) is 0 Å². The smallest absolute Gasteiger partial charge is 0.142 e. The number of rotatable bonds is 6. The first-order valence-electron chi connectivity index (χ1n) is 7.70. The van der Waals surface area contributed by atoms with E-state index < -0.39 is 0 Å². The van der Waals surface area contributed by atoms with Gasteiger partial charge in [0.2, 0.25) is 0 Å². The van der Waals surface area contributed by atoms with Crippen LogP contribution in [0.2, 0.25) is 0 Å². The highest BCUT2D eigenvalue weighted by molar-refractivity contribution is 7.09. The summed E-state index contributed by atoms with van der Waals surface area (Å²) in [6.07, 6.45) is 2.46. The molecular weight excluding hydrogens is 296 g/mol. The summed E-state index contributed by atoms with van der Waals surface area (Å²) < 4.78 is 11.6. The Hall–Kier alpha value is -1.59. The van der Waals surface area contributed by atoms with Gasteiger partial charge in [-0.25, -0.2) is 4.98 Å². The molecule has 1 N–H and O–H groups in total. The van der Waals surface area contributed by atoms with Gasteiger partial charge in [0, 0.05) is 17.7 Å². The minimum absolute atomic E-state index is 0.231. The van der Waals surface area contributed by atoms with E-state index in [-0.39, 0.29) is 6.10 Å². The fraction of sp³-hybridized carbons (Fsp3) is 0.471. The van der Waals surface area contributed by atoms with Gasteiger partial charge < -0.3 is 14.8 Å². The van der Waals surface area contributed by atoms with Gasteiger partial charge in [0.1, 0.15) is 17.4 Å². The van der Waals surface area contributed by atoms with Crippen LogP contribution >= 0.6 is 11.3 Å². The van der Waals surface area contributed by atoms with Gasteiger partial charge in [-0.1, -0.05) is 6.07 Å².